The highest BCUT2D eigenvalue weighted by Gasteiger charge is 2.49. The minimum atomic E-state index is -3.26. The number of ether oxygens (including phenoxy) is 3. The van der Waals surface area contributed by atoms with Gasteiger partial charge in [-0.15, -0.1) is 0 Å². The van der Waals surface area contributed by atoms with E-state index in [0.717, 1.165) is 5.56 Å². The smallest absolute Gasteiger partial charge is 0.241 e. The van der Waals surface area contributed by atoms with Gasteiger partial charge >= 0.3 is 0 Å². The first kappa shape index (κ1) is 21.5. The largest absolute Gasteiger partial charge is 0.497 e. The van der Waals surface area contributed by atoms with Crippen LogP contribution in [0.3, 0.4) is 0 Å². The highest BCUT2D eigenvalue weighted by molar-refractivity contribution is 7.91. The van der Waals surface area contributed by atoms with Gasteiger partial charge in [0.05, 0.1) is 45.4 Å². The summed E-state index contributed by atoms with van der Waals surface area (Å²) in [5.41, 5.74) is 1.61. The summed E-state index contributed by atoms with van der Waals surface area (Å²) in [6.45, 7) is 0.580. The number of nitrogens with zero attached hydrogens (tertiary/aromatic N) is 2. The Hall–Kier alpha value is -2.78. The van der Waals surface area contributed by atoms with Gasteiger partial charge in [0, 0.05) is 18.3 Å². The number of carbonyl (C=O) groups is 1. The second-order valence-corrected chi connectivity index (χ2v) is 9.92. The van der Waals surface area contributed by atoms with Gasteiger partial charge in [0.1, 0.15) is 5.75 Å². The van der Waals surface area contributed by atoms with Crippen LogP contribution in [0, 0.1) is 0 Å². The van der Waals surface area contributed by atoms with Crippen molar-refractivity contribution in [1.29, 1.82) is 0 Å². The number of hydrogen-bond acceptors (Lipinski definition) is 7. The van der Waals surface area contributed by atoms with Crippen LogP contribution in [0.4, 0.5) is 5.69 Å². The van der Waals surface area contributed by atoms with Crippen molar-refractivity contribution in [2.45, 2.75) is 18.6 Å². The van der Waals surface area contributed by atoms with E-state index in [1.54, 1.807) is 50.5 Å². The third-order valence-electron chi connectivity index (χ3n) is 5.89. The Balaban J connectivity index is 1.63. The Morgan fingerprint density at radius 1 is 0.903 bits per heavy atom. The topological polar surface area (TPSA) is 85.4 Å². The second kappa shape index (κ2) is 8.39. The first-order valence-corrected chi connectivity index (χ1v) is 11.8. The molecule has 2 fully saturated rings. The normalized spacial score (nSPS) is 22.8. The fourth-order valence-corrected chi connectivity index (χ4v) is 6.40. The number of hydrogen-bond donors (Lipinski definition) is 0. The van der Waals surface area contributed by atoms with Crippen molar-refractivity contribution in [3.05, 3.63) is 48.0 Å². The van der Waals surface area contributed by atoms with Crippen LogP contribution in [-0.4, -0.2) is 70.7 Å². The van der Waals surface area contributed by atoms with E-state index >= 15 is 0 Å². The maximum atomic E-state index is 13.1. The minimum absolute atomic E-state index is 0.0326. The van der Waals surface area contributed by atoms with Crippen molar-refractivity contribution in [3.63, 3.8) is 0 Å². The molecule has 0 aliphatic carbocycles. The van der Waals surface area contributed by atoms with E-state index in [1.165, 1.54) is 0 Å². The number of rotatable bonds is 6. The van der Waals surface area contributed by atoms with E-state index in [4.69, 9.17) is 14.2 Å². The summed E-state index contributed by atoms with van der Waals surface area (Å²) in [6.07, 6.45) is 0. The molecule has 0 unspecified atom stereocenters. The Morgan fingerprint density at radius 2 is 1.58 bits per heavy atom. The van der Waals surface area contributed by atoms with E-state index in [2.05, 4.69) is 0 Å². The van der Waals surface area contributed by atoms with Crippen LogP contribution in [-0.2, 0) is 21.2 Å². The molecule has 2 aliphatic heterocycles. The van der Waals surface area contributed by atoms with Crippen molar-refractivity contribution < 1.29 is 27.4 Å². The van der Waals surface area contributed by atoms with Crippen LogP contribution in [0.25, 0.3) is 0 Å². The molecule has 2 aromatic carbocycles. The number of piperazine rings is 1. The third-order valence-corrected chi connectivity index (χ3v) is 7.58. The van der Waals surface area contributed by atoms with E-state index in [1.807, 2.05) is 23.1 Å². The van der Waals surface area contributed by atoms with E-state index in [9.17, 15) is 13.2 Å². The molecular formula is C22H26N2O6S. The molecule has 2 aliphatic rings. The average molecular weight is 447 g/mol. The van der Waals surface area contributed by atoms with Crippen molar-refractivity contribution in [2.75, 3.05) is 44.3 Å². The molecule has 31 heavy (non-hydrogen) atoms. The molecule has 8 nitrogen and oxygen atoms in total. The zero-order valence-corrected chi connectivity index (χ0v) is 18.6. The summed E-state index contributed by atoms with van der Waals surface area (Å²) >= 11 is 0. The van der Waals surface area contributed by atoms with E-state index in [-0.39, 0.29) is 30.0 Å². The standard InChI is InChI=1S/C22H26N2O6S/c1-28-17-7-5-16(6-8-17)24-19-14-31(26,27)13-18(19)23(12-22(24)25)11-15-4-9-20(29-2)21(10-15)30-3/h4-10,18-19H,11-14H2,1-3H3/t18-,19+/m0/s1. The lowest BCUT2D eigenvalue weighted by atomic mass is 10.0. The second-order valence-electron chi connectivity index (χ2n) is 7.77. The van der Waals surface area contributed by atoms with Crippen LogP contribution in [0.2, 0.25) is 0 Å². The zero-order valence-electron chi connectivity index (χ0n) is 17.8. The SMILES string of the molecule is COc1ccc(N2C(=O)CN(Cc3ccc(OC)c(OC)c3)[C@H]3CS(=O)(=O)C[C@H]32)cc1. The summed E-state index contributed by atoms with van der Waals surface area (Å²) in [6, 6.07) is 12.0. The van der Waals surface area contributed by atoms with Crippen molar-refractivity contribution in [3.8, 4) is 17.2 Å². The van der Waals surface area contributed by atoms with Crippen molar-refractivity contribution in [2.24, 2.45) is 0 Å². The van der Waals surface area contributed by atoms with E-state index in [0.29, 0.717) is 29.5 Å². The molecule has 2 heterocycles. The first-order chi connectivity index (χ1) is 14.8. The lowest BCUT2D eigenvalue weighted by Gasteiger charge is -2.43. The van der Waals surface area contributed by atoms with Gasteiger partial charge in [0.15, 0.2) is 21.3 Å². The highest BCUT2D eigenvalue weighted by Crippen LogP contribution is 2.34. The maximum Gasteiger partial charge on any atom is 0.241 e. The Morgan fingerprint density at radius 3 is 2.23 bits per heavy atom. The van der Waals surface area contributed by atoms with Crippen molar-refractivity contribution >= 4 is 21.4 Å². The van der Waals surface area contributed by atoms with Gasteiger partial charge in [-0.05, 0) is 42.0 Å². The molecule has 9 heteroatoms. The Labute approximate surface area is 182 Å². The van der Waals surface area contributed by atoms with Crippen molar-refractivity contribution in [1.82, 2.24) is 4.90 Å². The number of benzene rings is 2. The highest BCUT2D eigenvalue weighted by atomic mass is 32.2. The fraction of sp³-hybridized carbons (Fsp3) is 0.409. The molecule has 0 aromatic heterocycles. The lowest BCUT2D eigenvalue weighted by Crippen LogP contribution is -2.61. The predicted molar refractivity (Wildman–Crippen MR) is 117 cm³/mol. The Kier molecular flexibility index (Phi) is 5.81. The van der Waals surface area contributed by atoms with Gasteiger partial charge in [-0.1, -0.05) is 6.07 Å². The number of fused-ring (bicyclic) bond motifs is 1. The molecule has 0 bridgehead atoms. The molecule has 0 saturated carbocycles. The number of methoxy groups -OCH3 is 3. The molecule has 0 spiro atoms. The lowest BCUT2D eigenvalue weighted by molar-refractivity contribution is -0.123. The van der Waals surface area contributed by atoms with Crippen LogP contribution < -0.4 is 19.1 Å². The molecule has 166 valence electrons. The third kappa shape index (κ3) is 4.20. The maximum absolute atomic E-state index is 13.1. The summed E-state index contributed by atoms with van der Waals surface area (Å²) in [5, 5.41) is 0. The summed E-state index contributed by atoms with van der Waals surface area (Å²) in [4.78, 5) is 16.7. The summed E-state index contributed by atoms with van der Waals surface area (Å²) in [5.74, 6) is 1.76. The average Bonchev–Trinajstić information content (AvgIpc) is 3.09. The van der Waals surface area contributed by atoms with Crippen LogP contribution in [0.5, 0.6) is 17.2 Å². The number of amides is 1. The molecule has 2 atom stereocenters. The molecule has 1 amide bonds. The minimum Gasteiger partial charge on any atom is -0.497 e. The quantitative estimate of drug-likeness (QED) is 0.668. The summed E-state index contributed by atoms with van der Waals surface area (Å²) < 4.78 is 40.9. The molecule has 0 radical (unpaired) electrons. The van der Waals surface area contributed by atoms with E-state index < -0.39 is 15.9 Å². The van der Waals surface area contributed by atoms with Gasteiger partial charge in [-0.2, -0.15) is 0 Å². The number of carbonyl (C=O) groups excluding carboxylic acids is 1. The molecule has 4 rings (SSSR count). The van der Waals surface area contributed by atoms with Crippen LogP contribution in [0.1, 0.15) is 5.56 Å². The van der Waals surface area contributed by atoms with Crippen LogP contribution >= 0.6 is 0 Å². The fourth-order valence-electron chi connectivity index (χ4n) is 4.42. The summed E-state index contributed by atoms with van der Waals surface area (Å²) in [7, 11) is 1.46. The molecule has 2 saturated heterocycles. The van der Waals surface area contributed by atoms with Gasteiger partial charge in [0.2, 0.25) is 5.91 Å². The molecular weight excluding hydrogens is 420 g/mol. The predicted octanol–water partition coefficient (Wildman–Crippen LogP) is 1.73. The zero-order chi connectivity index (χ0) is 22.2. The van der Waals surface area contributed by atoms with Gasteiger partial charge in [-0.3, -0.25) is 9.69 Å². The van der Waals surface area contributed by atoms with Gasteiger partial charge < -0.3 is 19.1 Å². The first-order valence-electron chi connectivity index (χ1n) is 9.96. The van der Waals surface area contributed by atoms with Crippen LogP contribution in [0.15, 0.2) is 42.5 Å². The van der Waals surface area contributed by atoms with Gasteiger partial charge in [0.25, 0.3) is 0 Å². The number of sulfone groups is 1. The number of anilines is 1. The monoisotopic (exact) mass is 446 g/mol. The van der Waals surface area contributed by atoms with Gasteiger partial charge in [-0.25, -0.2) is 8.42 Å². The molecule has 0 N–H and O–H groups in total. The Bertz CT molecular complexity index is 1070. The molecule has 2 aromatic rings.